The molecule has 0 aliphatic carbocycles. The van der Waals surface area contributed by atoms with Crippen molar-refractivity contribution >= 4 is 23.2 Å². The molecule has 0 amide bonds. The van der Waals surface area contributed by atoms with Gasteiger partial charge in [0.1, 0.15) is 5.75 Å². The van der Waals surface area contributed by atoms with Crippen LogP contribution < -0.4 is 10.1 Å². The largest absolute Gasteiger partial charge is 0.436 e. The SMILES string of the molecule is CC(C)CNCc1cncc(Oc2ccc(Cl)cc2Cl)n1. The van der Waals surface area contributed by atoms with Crippen molar-refractivity contribution in [3.63, 3.8) is 0 Å². The molecule has 0 saturated heterocycles. The van der Waals surface area contributed by atoms with E-state index in [1.165, 1.54) is 0 Å². The molecule has 21 heavy (non-hydrogen) atoms. The second-order valence-corrected chi connectivity index (χ2v) is 5.89. The highest BCUT2D eigenvalue weighted by molar-refractivity contribution is 6.35. The van der Waals surface area contributed by atoms with Crippen molar-refractivity contribution in [2.45, 2.75) is 20.4 Å². The highest BCUT2D eigenvalue weighted by Crippen LogP contribution is 2.30. The van der Waals surface area contributed by atoms with E-state index < -0.39 is 0 Å². The van der Waals surface area contributed by atoms with Crippen molar-refractivity contribution in [1.29, 1.82) is 0 Å². The van der Waals surface area contributed by atoms with E-state index in [0.29, 0.717) is 34.1 Å². The number of aromatic nitrogens is 2. The van der Waals surface area contributed by atoms with Crippen LogP contribution in [0.2, 0.25) is 10.0 Å². The second kappa shape index (κ2) is 7.59. The minimum absolute atomic E-state index is 0.406. The van der Waals surface area contributed by atoms with E-state index >= 15 is 0 Å². The number of hydrogen-bond acceptors (Lipinski definition) is 4. The van der Waals surface area contributed by atoms with Gasteiger partial charge in [0.25, 0.3) is 0 Å². The summed E-state index contributed by atoms with van der Waals surface area (Å²) >= 11 is 11.9. The van der Waals surface area contributed by atoms with Crippen LogP contribution in [0.5, 0.6) is 11.6 Å². The van der Waals surface area contributed by atoms with Crippen LogP contribution in [0.4, 0.5) is 0 Å². The molecule has 2 rings (SSSR count). The van der Waals surface area contributed by atoms with E-state index in [4.69, 9.17) is 27.9 Å². The summed E-state index contributed by atoms with van der Waals surface area (Å²) < 4.78 is 5.64. The maximum absolute atomic E-state index is 6.07. The first-order chi connectivity index (χ1) is 10.0. The molecule has 2 aromatic rings. The zero-order valence-electron chi connectivity index (χ0n) is 11.9. The lowest BCUT2D eigenvalue weighted by molar-refractivity contribution is 0.455. The van der Waals surface area contributed by atoms with Crippen molar-refractivity contribution in [1.82, 2.24) is 15.3 Å². The van der Waals surface area contributed by atoms with Gasteiger partial charge in [-0.1, -0.05) is 37.0 Å². The summed E-state index contributed by atoms with van der Waals surface area (Å²) in [5, 5.41) is 4.31. The molecule has 0 aliphatic heterocycles. The summed E-state index contributed by atoms with van der Waals surface area (Å²) in [5.41, 5.74) is 0.818. The highest BCUT2D eigenvalue weighted by Gasteiger charge is 2.06. The quantitative estimate of drug-likeness (QED) is 0.859. The molecule has 6 heteroatoms. The molecule has 1 aromatic heterocycles. The number of halogens is 2. The third-order valence-corrected chi connectivity index (χ3v) is 3.16. The lowest BCUT2D eigenvalue weighted by Crippen LogP contribution is -2.19. The maximum atomic E-state index is 6.07. The van der Waals surface area contributed by atoms with Crippen LogP contribution in [0.25, 0.3) is 0 Å². The normalized spacial score (nSPS) is 10.9. The van der Waals surface area contributed by atoms with Gasteiger partial charge < -0.3 is 10.1 Å². The van der Waals surface area contributed by atoms with Gasteiger partial charge in [-0.05, 0) is 30.7 Å². The fourth-order valence-corrected chi connectivity index (χ4v) is 2.13. The molecular formula is C15H17Cl2N3O. The Morgan fingerprint density at radius 1 is 1.24 bits per heavy atom. The predicted molar refractivity (Wildman–Crippen MR) is 85.1 cm³/mol. The average molecular weight is 326 g/mol. The Morgan fingerprint density at radius 3 is 2.76 bits per heavy atom. The summed E-state index contributed by atoms with van der Waals surface area (Å²) in [6.45, 7) is 5.88. The number of nitrogens with one attached hydrogen (secondary N) is 1. The molecule has 0 radical (unpaired) electrons. The fraction of sp³-hybridized carbons (Fsp3) is 0.333. The molecule has 0 aliphatic rings. The van der Waals surface area contributed by atoms with Gasteiger partial charge in [0, 0.05) is 17.8 Å². The molecule has 4 nitrogen and oxygen atoms in total. The summed E-state index contributed by atoms with van der Waals surface area (Å²) in [5.74, 6) is 1.50. The predicted octanol–water partition coefficient (Wildman–Crippen LogP) is 4.32. The Morgan fingerprint density at radius 2 is 2.05 bits per heavy atom. The van der Waals surface area contributed by atoms with E-state index in [1.54, 1.807) is 30.6 Å². The first-order valence-corrected chi connectivity index (χ1v) is 7.44. The van der Waals surface area contributed by atoms with E-state index in [2.05, 4.69) is 29.1 Å². The number of hydrogen-bond donors (Lipinski definition) is 1. The molecule has 0 saturated carbocycles. The number of nitrogens with zero attached hydrogens (tertiary/aromatic N) is 2. The van der Waals surface area contributed by atoms with Gasteiger partial charge in [0.05, 0.1) is 16.9 Å². The summed E-state index contributed by atoms with van der Waals surface area (Å²) in [7, 11) is 0. The van der Waals surface area contributed by atoms with Gasteiger partial charge in [0.15, 0.2) is 0 Å². The lowest BCUT2D eigenvalue weighted by Gasteiger charge is -2.09. The van der Waals surface area contributed by atoms with Crippen LogP contribution in [0.15, 0.2) is 30.6 Å². The molecule has 0 spiro atoms. The first-order valence-electron chi connectivity index (χ1n) is 6.69. The van der Waals surface area contributed by atoms with E-state index in [9.17, 15) is 0 Å². The maximum Gasteiger partial charge on any atom is 0.238 e. The van der Waals surface area contributed by atoms with Crippen LogP contribution >= 0.6 is 23.2 Å². The third-order valence-electron chi connectivity index (χ3n) is 2.63. The van der Waals surface area contributed by atoms with Crippen LogP contribution in [-0.4, -0.2) is 16.5 Å². The van der Waals surface area contributed by atoms with Crippen molar-refractivity contribution < 1.29 is 4.74 Å². The second-order valence-electron chi connectivity index (χ2n) is 5.05. The van der Waals surface area contributed by atoms with Crippen molar-refractivity contribution in [3.05, 3.63) is 46.3 Å². The van der Waals surface area contributed by atoms with Crippen molar-refractivity contribution in [2.75, 3.05) is 6.54 Å². The summed E-state index contributed by atoms with van der Waals surface area (Å²) in [6, 6.07) is 5.04. The first kappa shape index (κ1) is 16.0. The van der Waals surface area contributed by atoms with Crippen LogP contribution in [0.3, 0.4) is 0 Å². The molecule has 0 bridgehead atoms. The fourth-order valence-electron chi connectivity index (χ4n) is 1.68. The molecule has 0 unspecified atom stereocenters. The van der Waals surface area contributed by atoms with Gasteiger partial charge in [0.2, 0.25) is 5.88 Å². The minimum atomic E-state index is 0.406. The molecule has 0 atom stereocenters. The molecule has 112 valence electrons. The van der Waals surface area contributed by atoms with Crippen LogP contribution in [0, 0.1) is 5.92 Å². The number of benzene rings is 1. The summed E-state index contributed by atoms with van der Waals surface area (Å²) in [6.07, 6.45) is 3.26. The Labute approximate surface area is 134 Å². The topological polar surface area (TPSA) is 47.0 Å². The molecule has 1 N–H and O–H groups in total. The van der Waals surface area contributed by atoms with Crippen molar-refractivity contribution in [3.8, 4) is 11.6 Å². The standard InChI is InChI=1S/C15H17Cl2N3O/c1-10(2)6-18-7-12-8-19-9-15(20-12)21-14-4-3-11(16)5-13(14)17/h3-5,8-10,18H,6-7H2,1-2H3. The monoisotopic (exact) mass is 325 g/mol. The Balaban J connectivity index is 2.03. The van der Waals surface area contributed by atoms with Crippen molar-refractivity contribution in [2.24, 2.45) is 5.92 Å². The molecular weight excluding hydrogens is 309 g/mol. The zero-order chi connectivity index (χ0) is 15.2. The van der Waals surface area contributed by atoms with Crippen LogP contribution in [0.1, 0.15) is 19.5 Å². The van der Waals surface area contributed by atoms with Crippen LogP contribution in [-0.2, 0) is 6.54 Å². The number of ether oxygens (including phenoxy) is 1. The third kappa shape index (κ3) is 5.16. The smallest absolute Gasteiger partial charge is 0.238 e. The lowest BCUT2D eigenvalue weighted by atomic mass is 10.2. The Kier molecular flexibility index (Phi) is 5.79. The van der Waals surface area contributed by atoms with Gasteiger partial charge >= 0.3 is 0 Å². The highest BCUT2D eigenvalue weighted by atomic mass is 35.5. The molecule has 0 fully saturated rings. The minimum Gasteiger partial charge on any atom is -0.436 e. The zero-order valence-corrected chi connectivity index (χ0v) is 13.4. The van der Waals surface area contributed by atoms with Gasteiger partial charge in [-0.3, -0.25) is 4.98 Å². The van der Waals surface area contributed by atoms with Gasteiger partial charge in [-0.2, -0.15) is 0 Å². The van der Waals surface area contributed by atoms with E-state index in [0.717, 1.165) is 12.2 Å². The van der Waals surface area contributed by atoms with E-state index in [-0.39, 0.29) is 0 Å². The average Bonchev–Trinajstić information content (AvgIpc) is 2.42. The Bertz CT molecular complexity index is 605. The Hall–Kier alpha value is -1.36. The molecule has 1 aromatic carbocycles. The van der Waals surface area contributed by atoms with E-state index in [1.807, 2.05) is 0 Å². The summed E-state index contributed by atoms with van der Waals surface area (Å²) in [4.78, 5) is 8.52. The number of rotatable bonds is 6. The van der Waals surface area contributed by atoms with Gasteiger partial charge in [-0.15, -0.1) is 0 Å². The van der Waals surface area contributed by atoms with Gasteiger partial charge in [-0.25, -0.2) is 4.98 Å². The molecule has 1 heterocycles.